The van der Waals surface area contributed by atoms with E-state index in [0.717, 1.165) is 34.5 Å². The van der Waals surface area contributed by atoms with Crippen LogP contribution < -0.4 is 33.0 Å². The molecule has 0 unspecified atom stereocenters. The molecule has 0 amide bonds. The van der Waals surface area contributed by atoms with Gasteiger partial charge in [0.05, 0.1) is 0 Å². The van der Waals surface area contributed by atoms with Crippen molar-refractivity contribution in [2.24, 2.45) is 0 Å². The smallest absolute Gasteiger partial charge is 0.271 e. The molecule has 0 saturated heterocycles. The molecule has 10 heteroatoms. The fourth-order valence-corrected chi connectivity index (χ4v) is 4.59. The van der Waals surface area contributed by atoms with Crippen molar-refractivity contribution in [2.45, 2.75) is 52.4 Å². The Bertz CT molecular complexity index is 1820. The van der Waals surface area contributed by atoms with Crippen LogP contribution in [-0.4, -0.2) is 18.8 Å². The van der Waals surface area contributed by atoms with Crippen molar-refractivity contribution in [1.82, 2.24) is 18.8 Å². The monoisotopic (exact) mass is 458 g/mol. The van der Waals surface area contributed by atoms with Crippen LogP contribution in [0, 0.1) is 10.8 Å². The molecule has 0 aliphatic carbocycles. The lowest BCUT2D eigenvalue weighted by atomic mass is 10.1. The van der Waals surface area contributed by atoms with E-state index in [0.29, 0.717) is 24.0 Å². The van der Waals surface area contributed by atoms with Crippen LogP contribution in [0.5, 0.6) is 0 Å². The van der Waals surface area contributed by atoms with E-state index in [9.17, 15) is 19.2 Å². The summed E-state index contributed by atoms with van der Waals surface area (Å²) >= 11 is 0. The molecule has 4 aromatic heterocycles. The Morgan fingerprint density at radius 3 is 1.44 bits per heavy atom. The molecular weight excluding hydrogens is 436 g/mol. The van der Waals surface area contributed by atoms with Gasteiger partial charge in [-0.15, -0.1) is 0 Å². The first kappa shape index (κ1) is 21.7. The normalized spacial score (nSPS) is 12.1. The quantitative estimate of drug-likeness (QED) is 0.357. The first-order valence-corrected chi connectivity index (χ1v) is 11.3. The molecule has 4 heterocycles. The highest BCUT2D eigenvalue weighted by atomic mass is 16.2. The van der Waals surface area contributed by atoms with Gasteiger partial charge in [-0.05, 0) is 48.9 Å². The Kier molecular flexibility index (Phi) is 4.96. The first-order chi connectivity index (χ1) is 16.3. The lowest BCUT2D eigenvalue weighted by molar-refractivity contribution is 0.797. The summed E-state index contributed by atoms with van der Waals surface area (Å²) in [5.41, 5.74) is -2.80. The maximum absolute atomic E-state index is 13.4. The van der Waals surface area contributed by atoms with Crippen LogP contribution in [0.3, 0.4) is 0 Å². The molecule has 2 N–H and O–H groups in total. The van der Waals surface area contributed by atoms with Crippen molar-refractivity contribution >= 4 is 33.1 Å². The van der Waals surface area contributed by atoms with E-state index >= 15 is 0 Å². The number of rotatable bonds is 6. The minimum absolute atomic E-state index is 0.118. The summed E-state index contributed by atoms with van der Waals surface area (Å²) in [6.45, 7) is 4.01. The molecule has 0 aliphatic heterocycles. The zero-order valence-electron chi connectivity index (χ0n) is 18.8. The molecule has 0 saturated carbocycles. The molecule has 5 aromatic rings. The summed E-state index contributed by atoms with van der Waals surface area (Å²) in [6, 6.07) is 3.03. The van der Waals surface area contributed by atoms with Gasteiger partial charge in [0.15, 0.2) is 0 Å². The van der Waals surface area contributed by atoms with Crippen molar-refractivity contribution < 1.29 is 0 Å². The van der Waals surface area contributed by atoms with Gasteiger partial charge < -0.3 is 0 Å². The molecule has 0 fully saturated rings. The van der Waals surface area contributed by atoms with E-state index < -0.39 is 43.8 Å². The van der Waals surface area contributed by atoms with Crippen molar-refractivity contribution in [3.05, 3.63) is 75.4 Å². The zero-order valence-corrected chi connectivity index (χ0v) is 18.8. The number of hydrogen-bond acceptors (Lipinski definition) is 8. The molecule has 0 spiro atoms. The third kappa shape index (κ3) is 2.87. The largest absolute Gasteiger partial charge is 0.287 e. The van der Waals surface area contributed by atoms with Gasteiger partial charge in [-0.25, -0.2) is 18.8 Å². The second-order valence-electron chi connectivity index (χ2n) is 8.57. The van der Waals surface area contributed by atoms with Gasteiger partial charge in [0, 0.05) is 0 Å². The molecular formula is C24H22N6O4. The van der Waals surface area contributed by atoms with Crippen molar-refractivity contribution in [3.8, 4) is 0 Å². The van der Waals surface area contributed by atoms with E-state index in [1.807, 2.05) is 13.8 Å². The highest BCUT2D eigenvalue weighted by Crippen LogP contribution is 2.14. The van der Waals surface area contributed by atoms with Gasteiger partial charge in [0.1, 0.15) is 44.1 Å². The fraction of sp³-hybridized carbons (Fsp3) is 0.333. The highest BCUT2D eigenvalue weighted by Gasteiger charge is 2.24. The summed E-state index contributed by atoms with van der Waals surface area (Å²) in [7, 11) is 0. The highest BCUT2D eigenvalue weighted by molar-refractivity contribution is 5.95. The molecule has 0 bridgehead atoms. The minimum Gasteiger partial charge on any atom is -0.287 e. The van der Waals surface area contributed by atoms with Gasteiger partial charge in [0.25, 0.3) is 11.1 Å². The Labute approximate surface area is 190 Å². The van der Waals surface area contributed by atoms with E-state index in [-0.39, 0.29) is 22.3 Å². The van der Waals surface area contributed by atoms with Crippen LogP contribution in [0.2, 0.25) is 0 Å². The van der Waals surface area contributed by atoms with Crippen LogP contribution in [0.4, 0.5) is 0 Å². The number of aryl methyl sites for hydroxylation is 2. The van der Waals surface area contributed by atoms with Gasteiger partial charge >= 0.3 is 0 Å². The third-order valence-electron chi connectivity index (χ3n) is 6.33. The molecule has 172 valence electrons. The van der Waals surface area contributed by atoms with Crippen LogP contribution in [0.25, 0.3) is 33.1 Å². The lowest BCUT2D eigenvalue weighted by Gasteiger charge is -2.04. The number of nitrogens with one attached hydrogen (secondary N) is 2. The van der Waals surface area contributed by atoms with E-state index in [1.165, 1.54) is 12.1 Å². The summed E-state index contributed by atoms with van der Waals surface area (Å²) in [5.74, 6) is 0. The molecule has 1 aromatic carbocycles. The van der Waals surface area contributed by atoms with Crippen LogP contribution in [-0.2, 0) is 12.8 Å². The maximum Gasteiger partial charge on any atom is 0.271 e. The van der Waals surface area contributed by atoms with Crippen molar-refractivity contribution in [3.63, 3.8) is 0 Å². The average molecular weight is 458 g/mol. The summed E-state index contributed by atoms with van der Waals surface area (Å²) in [6.07, 6.45) is 4.49. The van der Waals surface area contributed by atoms with E-state index in [1.54, 1.807) is 0 Å². The molecule has 0 atom stereocenters. The Morgan fingerprint density at radius 1 is 0.706 bits per heavy atom. The minimum atomic E-state index is -0.860. The van der Waals surface area contributed by atoms with Crippen LogP contribution in [0.15, 0.2) is 31.3 Å². The topological polar surface area (TPSA) is 151 Å². The predicted molar refractivity (Wildman–Crippen MR) is 127 cm³/mol. The predicted octanol–water partition coefficient (Wildman–Crippen LogP) is 0.687. The number of benzene rings is 1. The molecule has 34 heavy (non-hydrogen) atoms. The number of unbranched alkanes of at least 4 members (excludes halogenated alkanes) is 2. The Hall–Kier alpha value is -4.08. The van der Waals surface area contributed by atoms with Crippen molar-refractivity contribution in [1.29, 1.82) is 10.8 Å². The number of aromatic nitrogens is 4. The first-order valence-electron chi connectivity index (χ1n) is 11.3. The maximum atomic E-state index is 13.4. The Morgan fingerprint density at radius 2 is 1.09 bits per heavy atom. The van der Waals surface area contributed by atoms with E-state index in [4.69, 9.17) is 10.8 Å². The number of fused-ring (bicyclic) bond motifs is 4. The molecule has 0 aliphatic rings. The van der Waals surface area contributed by atoms with Gasteiger partial charge in [-0.3, -0.25) is 30.0 Å². The number of nitrogens with zero attached hydrogens (tertiary/aromatic N) is 4. The molecule has 5 rings (SSSR count). The zero-order chi connectivity index (χ0) is 24.3. The summed E-state index contributed by atoms with van der Waals surface area (Å²) < 4.78 is 2.06. The fourth-order valence-electron chi connectivity index (χ4n) is 4.59. The summed E-state index contributed by atoms with van der Waals surface area (Å²) in [4.78, 5) is 62.1. The molecule has 0 radical (unpaired) electrons. The SMILES string of the molecule is CCCCc1cc(=N)n2c(=O)c3c(=O)c4nc5c(CCCC)cc(=N)n5c(=O)c4c(=O)c3nc12. The van der Waals surface area contributed by atoms with E-state index in [2.05, 4.69) is 9.97 Å². The van der Waals surface area contributed by atoms with Gasteiger partial charge in [0.2, 0.25) is 10.9 Å². The Balaban J connectivity index is 1.99. The third-order valence-corrected chi connectivity index (χ3v) is 6.33. The van der Waals surface area contributed by atoms with Crippen LogP contribution in [0.1, 0.15) is 50.7 Å². The lowest BCUT2D eigenvalue weighted by Crippen LogP contribution is -2.34. The second-order valence-corrected chi connectivity index (χ2v) is 8.57. The van der Waals surface area contributed by atoms with Gasteiger partial charge in [-0.2, -0.15) is 0 Å². The summed E-state index contributed by atoms with van der Waals surface area (Å²) in [5, 5.41) is 15.5. The number of hydrogen-bond donors (Lipinski definition) is 2. The standard InChI is InChI=1S/C24H22N6O4/c1-3-5-7-11-9-13(25)29-21(11)27-17-15(23(29)33)20(32)18-16(19(17)31)24(34)30-14(26)10-12(8-6-4-2)22(30)28-18/h9-10,25-26H,3-8H2,1-2H3. The van der Waals surface area contributed by atoms with Crippen molar-refractivity contribution in [2.75, 3.05) is 0 Å². The molecule has 10 nitrogen and oxygen atoms in total. The average Bonchev–Trinajstić information content (AvgIpc) is 3.30. The van der Waals surface area contributed by atoms with Gasteiger partial charge in [-0.1, -0.05) is 26.7 Å². The second kappa shape index (κ2) is 7.75. The van der Waals surface area contributed by atoms with Crippen LogP contribution >= 0.6 is 0 Å².